The Balaban J connectivity index is 2.47. The summed E-state index contributed by atoms with van der Waals surface area (Å²) in [6.07, 6.45) is 2.28. The van der Waals surface area contributed by atoms with E-state index in [1.54, 1.807) is 0 Å². The van der Waals surface area contributed by atoms with E-state index in [2.05, 4.69) is 17.0 Å². The van der Waals surface area contributed by atoms with Crippen molar-refractivity contribution in [1.82, 2.24) is 5.32 Å². The quantitative estimate of drug-likeness (QED) is 0.565. The highest BCUT2D eigenvalue weighted by molar-refractivity contribution is 5.76. The average molecular weight is 157 g/mol. The number of carbonyl (C=O) groups is 1. The molecular weight excluding hydrogens is 142 g/mol. The van der Waals surface area contributed by atoms with E-state index in [1.807, 2.05) is 0 Å². The van der Waals surface area contributed by atoms with Crippen LogP contribution in [0, 0.1) is 5.92 Å². The number of carbonyl (C=O) groups excluding carboxylic acids is 1. The standard InChI is InChI=1S/C8H15NO2/c1-6-4-3-5-9-7(6)8(10)11-2/h6-7,9H,3-5H2,1-2H3. The summed E-state index contributed by atoms with van der Waals surface area (Å²) in [5.74, 6) is 0.286. The van der Waals surface area contributed by atoms with Crippen LogP contribution < -0.4 is 5.32 Å². The van der Waals surface area contributed by atoms with Crippen molar-refractivity contribution in [1.29, 1.82) is 0 Å². The number of methoxy groups -OCH3 is 1. The third-order valence-electron chi connectivity index (χ3n) is 2.22. The number of esters is 1. The predicted octanol–water partition coefficient (Wildman–Crippen LogP) is 0.547. The van der Waals surface area contributed by atoms with Gasteiger partial charge in [0.15, 0.2) is 0 Å². The fourth-order valence-electron chi connectivity index (χ4n) is 1.49. The lowest BCUT2D eigenvalue weighted by Crippen LogP contribution is -2.46. The SMILES string of the molecule is COC(=O)C1NCCCC1C. The van der Waals surface area contributed by atoms with E-state index in [0.717, 1.165) is 19.4 Å². The van der Waals surface area contributed by atoms with Gasteiger partial charge in [-0.25, -0.2) is 0 Å². The summed E-state index contributed by atoms with van der Waals surface area (Å²) in [4.78, 5) is 11.1. The van der Waals surface area contributed by atoms with Crippen LogP contribution in [0.3, 0.4) is 0 Å². The molecule has 2 atom stereocenters. The van der Waals surface area contributed by atoms with E-state index in [-0.39, 0.29) is 12.0 Å². The summed E-state index contributed by atoms with van der Waals surface area (Å²) in [7, 11) is 1.44. The molecule has 3 nitrogen and oxygen atoms in total. The fraction of sp³-hybridized carbons (Fsp3) is 0.875. The van der Waals surface area contributed by atoms with Crippen LogP contribution in [0.5, 0.6) is 0 Å². The first kappa shape index (κ1) is 8.53. The van der Waals surface area contributed by atoms with Crippen molar-refractivity contribution in [3.8, 4) is 0 Å². The molecule has 0 saturated carbocycles. The minimum atomic E-state index is -0.128. The lowest BCUT2D eigenvalue weighted by atomic mass is 9.93. The highest BCUT2D eigenvalue weighted by Gasteiger charge is 2.27. The second kappa shape index (κ2) is 3.72. The molecule has 1 rings (SSSR count). The van der Waals surface area contributed by atoms with E-state index < -0.39 is 0 Å². The van der Waals surface area contributed by atoms with Crippen molar-refractivity contribution in [2.24, 2.45) is 5.92 Å². The topological polar surface area (TPSA) is 38.3 Å². The minimum absolute atomic E-state index is 0.0752. The molecule has 64 valence electrons. The lowest BCUT2D eigenvalue weighted by molar-refractivity contribution is -0.145. The third kappa shape index (κ3) is 1.93. The van der Waals surface area contributed by atoms with Gasteiger partial charge in [0, 0.05) is 0 Å². The first-order chi connectivity index (χ1) is 5.25. The van der Waals surface area contributed by atoms with Crippen molar-refractivity contribution in [3.05, 3.63) is 0 Å². The summed E-state index contributed by atoms with van der Waals surface area (Å²) in [5.41, 5.74) is 0. The van der Waals surface area contributed by atoms with E-state index >= 15 is 0 Å². The van der Waals surface area contributed by atoms with Crippen LogP contribution in [0.15, 0.2) is 0 Å². The Morgan fingerprint density at radius 3 is 2.91 bits per heavy atom. The molecule has 3 heteroatoms. The van der Waals surface area contributed by atoms with Crippen LogP contribution in [0.1, 0.15) is 19.8 Å². The van der Waals surface area contributed by atoms with Gasteiger partial charge in [-0.05, 0) is 25.3 Å². The maximum Gasteiger partial charge on any atom is 0.323 e. The minimum Gasteiger partial charge on any atom is -0.468 e. The maximum atomic E-state index is 11.1. The molecule has 1 aliphatic rings. The molecule has 0 amide bonds. The van der Waals surface area contributed by atoms with Gasteiger partial charge in [0.25, 0.3) is 0 Å². The third-order valence-corrected chi connectivity index (χ3v) is 2.22. The Morgan fingerprint density at radius 2 is 2.36 bits per heavy atom. The molecule has 0 aromatic carbocycles. The second-order valence-electron chi connectivity index (χ2n) is 3.07. The number of ether oxygens (including phenoxy) is 1. The second-order valence-corrected chi connectivity index (χ2v) is 3.07. The van der Waals surface area contributed by atoms with Crippen molar-refractivity contribution in [3.63, 3.8) is 0 Å². The lowest BCUT2D eigenvalue weighted by Gasteiger charge is -2.27. The molecule has 0 aromatic heterocycles. The molecule has 0 aliphatic carbocycles. The predicted molar refractivity (Wildman–Crippen MR) is 42.2 cm³/mol. The number of rotatable bonds is 1. The summed E-state index contributed by atoms with van der Waals surface area (Å²) < 4.78 is 4.66. The smallest absolute Gasteiger partial charge is 0.323 e. The highest BCUT2D eigenvalue weighted by Crippen LogP contribution is 2.15. The Kier molecular flexibility index (Phi) is 2.88. The molecule has 1 fully saturated rings. The number of hydrogen-bond acceptors (Lipinski definition) is 3. The molecule has 0 aromatic rings. The highest BCUT2D eigenvalue weighted by atomic mass is 16.5. The van der Waals surface area contributed by atoms with Crippen molar-refractivity contribution >= 4 is 5.97 Å². The van der Waals surface area contributed by atoms with E-state index in [1.165, 1.54) is 7.11 Å². The van der Waals surface area contributed by atoms with E-state index in [9.17, 15) is 4.79 Å². The molecule has 0 spiro atoms. The van der Waals surface area contributed by atoms with Crippen LogP contribution in [0.2, 0.25) is 0 Å². The van der Waals surface area contributed by atoms with Crippen molar-refractivity contribution < 1.29 is 9.53 Å². The first-order valence-electron chi connectivity index (χ1n) is 4.07. The van der Waals surface area contributed by atoms with Crippen molar-refractivity contribution in [2.75, 3.05) is 13.7 Å². The molecule has 11 heavy (non-hydrogen) atoms. The first-order valence-corrected chi connectivity index (χ1v) is 4.07. The Labute approximate surface area is 67.1 Å². The summed E-state index contributed by atoms with van der Waals surface area (Å²) in [5, 5.41) is 3.14. The van der Waals surface area contributed by atoms with Gasteiger partial charge in [0.05, 0.1) is 7.11 Å². The average Bonchev–Trinajstić information content (AvgIpc) is 2.04. The van der Waals surface area contributed by atoms with Gasteiger partial charge in [0.2, 0.25) is 0 Å². The van der Waals surface area contributed by atoms with E-state index in [4.69, 9.17) is 0 Å². The molecule has 0 bridgehead atoms. The van der Waals surface area contributed by atoms with Crippen molar-refractivity contribution in [2.45, 2.75) is 25.8 Å². The van der Waals surface area contributed by atoms with Crippen LogP contribution in [0.4, 0.5) is 0 Å². The summed E-state index contributed by atoms with van der Waals surface area (Å²) in [6.45, 7) is 3.01. The summed E-state index contributed by atoms with van der Waals surface area (Å²) in [6, 6.07) is -0.0752. The number of nitrogens with one attached hydrogen (secondary N) is 1. The monoisotopic (exact) mass is 157 g/mol. The van der Waals surface area contributed by atoms with Gasteiger partial charge >= 0.3 is 5.97 Å². The van der Waals surface area contributed by atoms with Gasteiger partial charge in [0.1, 0.15) is 6.04 Å². The van der Waals surface area contributed by atoms with Gasteiger partial charge in [-0.1, -0.05) is 6.92 Å². The van der Waals surface area contributed by atoms with Crippen LogP contribution >= 0.6 is 0 Å². The largest absolute Gasteiger partial charge is 0.468 e. The Hall–Kier alpha value is -0.570. The molecule has 1 saturated heterocycles. The van der Waals surface area contributed by atoms with Crippen LogP contribution in [-0.2, 0) is 9.53 Å². The number of piperidine rings is 1. The van der Waals surface area contributed by atoms with Gasteiger partial charge in [-0.15, -0.1) is 0 Å². The fourth-order valence-corrected chi connectivity index (χ4v) is 1.49. The Morgan fingerprint density at radius 1 is 1.64 bits per heavy atom. The van der Waals surface area contributed by atoms with Gasteiger partial charge in [-0.3, -0.25) is 4.79 Å². The molecule has 2 unspecified atom stereocenters. The van der Waals surface area contributed by atoms with Gasteiger partial charge in [-0.2, -0.15) is 0 Å². The molecule has 1 aliphatic heterocycles. The number of hydrogen-bond donors (Lipinski definition) is 1. The van der Waals surface area contributed by atoms with Crippen LogP contribution in [0.25, 0.3) is 0 Å². The maximum absolute atomic E-state index is 11.1. The Bertz CT molecular complexity index is 147. The molecule has 1 heterocycles. The molecule has 0 radical (unpaired) electrons. The van der Waals surface area contributed by atoms with Gasteiger partial charge < -0.3 is 10.1 Å². The van der Waals surface area contributed by atoms with Crippen LogP contribution in [-0.4, -0.2) is 25.7 Å². The molecular formula is C8H15NO2. The summed E-state index contributed by atoms with van der Waals surface area (Å²) >= 11 is 0. The zero-order valence-electron chi connectivity index (χ0n) is 7.09. The molecule has 1 N–H and O–H groups in total. The zero-order chi connectivity index (χ0) is 8.27. The zero-order valence-corrected chi connectivity index (χ0v) is 7.09. The van der Waals surface area contributed by atoms with E-state index in [0.29, 0.717) is 5.92 Å². The normalized spacial score (nSPS) is 31.5.